The maximum absolute atomic E-state index is 13.1. The molecule has 0 aliphatic heterocycles. The summed E-state index contributed by atoms with van der Waals surface area (Å²) in [5.41, 5.74) is -3.37. The van der Waals surface area contributed by atoms with Crippen molar-refractivity contribution >= 4 is 17.6 Å². The normalized spacial score (nSPS) is 12.7. The zero-order valence-electron chi connectivity index (χ0n) is 9.95. The van der Waals surface area contributed by atoms with Crippen molar-refractivity contribution < 1.29 is 32.2 Å². The van der Waals surface area contributed by atoms with Gasteiger partial charge in [0.15, 0.2) is 0 Å². The van der Waals surface area contributed by atoms with E-state index in [2.05, 4.69) is 21.1 Å². The molecule has 0 aliphatic carbocycles. The van der Waals surface area contributed by atoms with Crippen molar-refractivity contribution in [2.24, 2.45) is 0 Å². The maximum atomic E-state index is 13.1. The summed E-state index contributed by atoms with van der Waals surface area (Å²) in [5, 5.41) is 0. The smallest absolute Gasteiger partial charge is 0.444 e. The third-order valence-electron chi connectivity index (χ3n) is 2.09. The summed E-state index contributed by atoms with van der Waals surface area (Å²) in [7, 11) is 2.35. The monoisotopic (exact) mass is 298 g/mol. The van der Waals surface area contributed by atoms with Crippen LogP contribution in [0.15, 0.2) is 18.2 Å². The van der Waals surface area contributed by atoms with E-state index in [1.807, 2.05) is 0 Å². The van der Waals surface area contributed by atoms with Crippen LogP contribution in [0.5, 0.6) is 11.5 Å². The lowest BCUT2D eigenvalue weighted by molar-refractivity contribution is -0.199. The van der Waals surface area contributed by atoms with Gasteiger partial charge in [0.1, 0.15) is 17.1 Å². The summed E-state index contributed by atoms with van der Waals surface area (Å²) in [6.07, 6.45) is -4.29. The van der Waals surface area contributed by atoms with Gasteiger partial charge in [-0.3, -0.25) is 0 Å². The van der Waals surface area contributed by atoms with E-state index in [1.54, 1.807) is 0 Å². The Morgan fingerprint density at radius 3 is 2.47 bits per heavy atom. The van der Waals surface area contributed by atoms with Gasteiger partial charge in [-0.05, 0) is 12.1 Å². The van der Waals surface area contributed by atoms with Crippen molar-refractivity contribution in [3.63, 3.8) is 0 Å². The molecule has 0 heterocycles. The van der Waals surface area contributed by atoms with E-state index in [-0.39, 0.29) is 11.3 Å². The fourth-order valence-electron chi connectivity index (χ4n) is 1.18. The summed E-state index contributed by atoms with van der Waals surface area (Å²) >= 11 is 4.67. The molecular weight excluding hydrogens is 289 g/mol. The van der Waals surface area contributed by atoms with Crippen LogP contribution in [-0.2, 0) is 4.74 Å². The predicted octanol–water partition coefficient (Wildman–Crippen LogP) is 2.99. The van der Waals surface area contributed by atoms with E-state index in [4.69, 9.17) is 4.74 Å². The molecule has 0 saturated heterocycles. The standard InChI is InChI=1S/C11H10ClF3O4/c1-17-6-3-4-7(9(16)18-2)8(5-6)19-11(14,15)10(12)13/h3-5,10H,1-2H3. The number of rotatable bonds is 5. The molecule has 0 aromatic heterocycles. The number of carbonyl (C=O) groups is 1. The largest absolute Gasteiger partial charge is 0.497 e. The van der Waals surface area contributed by atoms with E-state index in [9.17, 15) is 18.0 Å². The van der Waals surface area contributed by atoms with Crippen LogP contribution in [0, 0.1) is 0 Å². The summed E-state index contributed by atoms with van der Waals surface area (Å²) < 4.78 is 52.0. The van der Waals surface area contributed by atoms with E-state index < -0.39 is 23.5 Å². The van der Waals surface area contributed by atoms with Crippen LogP contribution in [0.2, 0.25) is 0 Å². The van der Waals surface area contributed by atoms with Crippen LogP contribution >= 0.6 is 11.6 Å². The number of ether oxygens (including phenoxy) is 3. The Bertz CT molecular complexity index is 465. The average molecular weight is 299 g/mol. The molecule has 0 amide bonds. The predicted molar refractivity (Wildman–Crippen MR) is 60.7 cm³/mol. The van der Waals surface area contributed by atoms with E-state index in [0.29, 0.717) is 0 Å². The highest BCUT2D eigenvalue weighted by atomic mass is 35.5. The maximum Gasteiger partial charge on any atom is 0.444 e. The third kappa shape index (κ3) is 3.66. The molecule has 1 rings (SSSR count). The lowest BCUT2D eigenvalue weighted by atomic mass is 10.2. The molecule has 1 atom stereocenters. The third-order valence-corrected chi connectivity index (χ3v) is 2.35. The van der Waals surface area contributed by atoms with Crippen molar-refractivity contribution in [2.75, 3.05) is 14.2 Å². The minimum absolute atomic E-state index is 0.142. The Morgan fingerprint density at radius 2 is 2.00 bits per heavy atom. The topological polar surface area (TPSA) is 44.8 Å². The fraction of sp³-hybridized carbons (Fsp3) is 0.364. The number of esters is 1. The van der Waals surface area contributed by atoms with Crippen LogP contribution in [-0.4, -0.2) is 31.9 Å². The number of hydrogen-bond acceptors (Lipinski definition) is 4. The molecular formula is C11H10ClF3O4. The highest BCUT2D eigenvalue weighted by molar-refractivity contribution is 6.20. The summed E-state index contributed by atoms with van der Waals surface area (Å²) in [4.78, 5) is 11.4. The summed E-state index contributed by atoms with van der Waals surface area (Å²) in [5.74, 6) is -1.37. The van der Waals surface area contributed by atoms with Crippen LogP contribution in [0.1, 0.15) is 10.4 Å². The van der Waals surface area contributed by atoms with Crippen molar-refractivity contribution in [3.05, 3.63) is 23.8 Å². The molecule has 4 nitrogen and oxygen atoms in total. The molecule has 1 aromatic rings. The SMILES string of the molecule is COC(=O)c1ccc(OC)cc1OC(F)(F)C(F)Cl. The number of halogens is 4. The second kappa shape index (κ2) is 6.01. The first-order chi connectivity index (χ1) is 8.81. The Morgan fingerprint density at radius 1 is 1.37 bits per heavy atom. The molecule has 1 aromatic carbocycles. The second-order valence-corrected chi connectivity index (χ2v) is 3.70. The lowest BCUT2D eigenvalue weighted by Crippen LogP contribution is -2.33. The molecule has 0 saturated carbocycles. The van der Waals surface area contributed by atoms with Crippen molar-refractivity contribution in [3.8, 4) is 11.5 Å². The van der Waals surface area contributed by atoms with Gasteiger partial charge in [-0.15, -0.1) is 0 Å². The average Bonchev–Trinajstić information content (AvgIpc) is 2.37. The molecule has 0 radical (unpaired) electrons. The number of hydrogen-bond donors (Lipinski definition) is 0. The van der Waals surface area contributed by atoms with Gasteiger partial charge in [-0.2, -0.15) is 8.78 Å². The minimum atomic E-state index is -4.29. The summed E-state index contributed by atoms with van der Waals surface area (Å²) in [6.45, 7) is 0. The molecule has 0 fully saturated rings. The first kappa shape index (κ1) is 15.4. The van der Waals surface area contributed by atoms with Gasteiger partial charge in [-0.25, -0.2) is 9.18 Å². The molecule has 0 N–H and O–H groups in total. The molecule has 0 bridgehead atoms. The van der Waals surface area contributed by atoms with Crippen LogP contribution in [0.3, 0.4) is 0 Å². The minimum Gasteiger partial charge on any atom is -0.497 e. The Balaban J connectivity index is 3.18. The molecule has 8 heteroatoms. The molecule has 0 aliphatic rings. The Hall–Kier alpha value is -1.63. The van der Waals surface area contributed by atoms with Crippen molar-refractivity contribution in [2.45, 2.75) is 11.7 Å². The molecule has 0 spiro atoms. The van der Waals surface area contributed by atoms with Gasteiger partial charge in [-0.1, -0.05) is 11.6 Å². The quantitative estimate of drug-likeness (QED) is 0.619. The van der Waals surface area contributed by atoms with Gasteiger partial charge in [0.2, 0.25) is 0 Å². The zero-order valence-corrected chi connectivity index (χ0v) is 10.7. The van der Waals surface area contributed by atoms with Crippen LogP contribution in [0.25, 0.3) is 0 Å². The van der Waals surface area contributed by atoms with Crippen molar-refractivity contribution in [1.82, 2.24) is 0 Å². The second-order valence-electron chi connectivity index (χ2n) is 3.32. The van der Waals surface area contributed by atoms with E-state index in [1.165, 1.54) is 13.2 Å². The van der Waals surface area contributed by atoms with E-state index >= 15 is 0 Å². The Kier molecular flexibility index (Phi) is 4.88. The van der Waals surface area contributed by atoms with Gasteiger partial charge in [0, 0.05) is 6.07 Å². The van der Waals surface area contributed by atoms with E-state index in [0.717, 1.165) is 19.2 Å². The summed E-state index contributed by atoms with van der Waals surface area (Å²) in [6, 6.07) is 3.49. The molecule has 106 valence electrons. The fourth-order valence-corrected chi connectivity index (χ4v) is 1.23. The number of carbonyl (C=O) groups excluding carboxylic acids is 1. The number of methoxy groups -OCH3 is 2. The molecule has 19 heavy (non-hydrogen) atoms. The van der Waals surface area contributed by atoms with Gasteiger partial charge in [0.25, 0.3) is 5.63 Å². The zero-order chi connectivity index (χ0) is 14.6. The van der Waals surface area contributed by atoms with Gasteiger partial charge < -0.3 is 14.2 Å². The number of alkyl halides is 4. The van der Waals surface area contributed by atoms with Crippen LogP contribution < -0.4 is 9.47 Å². The van der Waals surface area contributed by atoms with Gasteiger partial charge >= 0.3 is 12.1 Å². The van der Waals surface area contributed by atoms with Crippen molar-refractivity contribution in [1.29, 1.82) is 0 Å². The highest BCUT2D eigenvalue weighted by Gasteiger charge is 2.43. The first-order valence-corrected chi connectivity index (χ1v) is 5.36. The number of benzene rings is 1. The van der Waals surface area contributed by atoms with Crippen LogP contribution in [0.4, 0.5) is 13.2 Å². The first-order valence-electron chi connectivity index (χ1n) is 4.93. The lowest BCUT2D eigenvalue weighted by Gasteiger charge is -2.19. The molecule has 1 unspecified atom stereocenters. The highest BCUT2D eigenvalue weighted by Crippen LogP contribution is 2.33. The van der Waals surface area contributed by atoms with Gasteiger partial charge in [0.05, 0.1) is 14.2 Å². The Labute approximate surface area is 112 Å².